The predicted octanol–water partition coefficient (Wildman–Crippen LogP) is 4.77. The highest BCUT2D eigenvalue weighted by molar-refractivity contribution is 6.46. The van der Waals surface area contributed by atoms with Crippen LogP contribution in [0, 0.1) is 0 Å². The molecule has 0 bridgehead atoms. The topological polar surface area (TPSA) is 102 Å². The van der Waals surface area contributed by atoms with E-state index in [0.717, 1.165) is 0 Å². The molecular formula is C28H24ClNO7. The van der Waals surface area contributed by atoms with Gasteiger partial charge in [-0.3, -0.25) is 9.59 Å². The van der Waals surface area contributed by atoms with E-state index >= 15 is 0 Å². The van der Waals surface area contributed by atoms with Crippen LogP contribution in [0.4, 0.5) is 0 Å². The maximum atomic E-state index is 13.3. The van der Waals surface area contributed by atoms with Crippen molar-refractivity contribution in [3.63, 3.8) is 0 Å². The van der Waals surface area contributed by atoms with Crippen molar-refractivity contribution in [3.05, 3.63) is 99.6 Å². The van der Waals surface area contributed by atoms with Gasteiger partial charge in [-0.25, -0.2) is 4.79 Å². The molecule has 8 nitrogen and oxygen atoms in total. The third-order valence-corrected chi connectivity index (χ3v) is 6.41. The van der Waals surface area contributed by atoms with E-state index in [2.05, 4.69) is 0 Å². The van der Waals surface area contributed by atoms with Gasteiger partial charge in [-0.05, 0) is 53.6 Å². The number of likely N-dealkylation sites (tertiary alicyclic amines) is 1. The number of Topliss-reactive ketones (excluding diaryl/α,β-unsaturated/α-hetero) is 1. The molecule has 1 heterocycles. The van der Waals surface area contributed by atoms with E-state index in [0.29, 0.717) is 33.2 Å². The maximum Gasteiger partial charge on any atom is 0.337 e. The Morgan fingerprint density at radius 3 is 2.30 bits per heavy atom. The lowest BCUT2D eigenvalue weighted by molar-refractivity contribution is -0.140. The lowest BCUT2D eigenvalue weighted by atomic mass is 9.95. The van der Waals surface area contributed by atoms with Crippen LogP contribution in [0.1, 0.15) is 33.1 Å². The highest BCUT2D eigenvalue weighted by Crippen LogP contribution is 2.41. The maximum absolute atomic E-state index is 13.3. The summed E-state index contributed by atoms with van der Waals surface area (Å²) in [5.41, 5.74) is 1.81. The highest BCUT2D eigenvalue weighted by Gasteiger charge is 2.46. The molecule has 1 saturated heterocycles. The first-order valence-corrected chi connectivity index (χ1v) is 11.6. The Bertz CT molecular complexity index is 1400. The number of aliphatic hydroxyl groups is 1. The largest absolute Gasteiger partial charge is 0.507 e. The number of ether oxygens (including phenoxy) is 3. The molecule has 1 aliphatic rings. The summed E-state index contributed by atoms with van der Waals surface area (Å²) in [7, 11) is 4.24. The number of carbonyl (C=O) groups excluding carboxylic acids is 3. The van der Waals surface area contributed by atoms with Gasteiger partial charge in [0.05, 0.1) is 43.5 Å². The molecule has 1 amide bonds. The summed E-state index contributed by atoms with van der Waals surface area (Å²) in [6, 6.07) is 17.1. The summed E-state index contributed by atoms with van der Waals surface area (Å²) >= 11 is 6.13. The van der Waals surface area contributed by atoms with Crippen LogP contribution in [0.15, 0.2) is 72.3 Å². The predicted molar refractivity (Wildman–Crippen MR) is 137 cm³/mol. The van der Waals surface area contributed by atoms with Gasteiger partial charge in [-0.15, -0.1) is 0 Å². The second-order valence-corrected chi connectivity index (χ2v) is 8.65. The molecule has 0 radical (unpaired) electrons. The summed E-state index contributed by atoms with van der Waals surface area (Å²) in [6.07, 6.45) is 0. The van der Waals surface area contributed by atoms with Crippen molar-refractivity contribution in [1.82, 2.24) is 4.90 Å². The van der Waals surface area contributed by atoms with Gasteiger partial charge < -0.3 is 24.2 Å². The fourth-order valence-electron chi connectivity index (χ4n) is 4.22. The molecule has 9 heteroatoms. The molecule has 0 saturated carbocycles. The monoisotopic (exact) mass is 521 g/mol. The molecule has 4 rings (SSSR count). The van der Waals surface area contributed by atoms with Gasteiger partial charge >= 0.3 is 5.97 Å². The average Bonchev–Trinajstić information content (AvgIpc) is 3.17. The van der Waals surface area contributed by atoms with E-state index in [1.165, 1.54) is 38.4 Å². The third kappa shape index (κ3) is 5.01. The molecule has 190 valence electrons. The Balaban J connectivity index is 1.83. The third-order valence-electron chi connectivity index (χ3n) is 6.10. The Kier molecular flexibility index (Phi) is 7.50. The summed E-state index contributed by atoms with van der Waals surface area (Å²) < 4.78 is 15.3. The SMILES string of the molecule is COC(=O)c1ccc(CN2C(=O)C(=O)/C(=C(\O)c3ccc(Cl)c(OC)c3)C2c2cccc(OC)c2)cc1. The Labute approximate surface area is 218 Å². The van der Waals surface area contributed by atoms with Crippen LogP contribution in [0.5, 0.6) is 11.5 Å². The van der Waals surface area contributed by atoms with Crippen LogP contribution < -0.4 is 9.47 Å². The fourth-order valence-corrected chi connectivity index (χ4v) is 4.42. The number of benzene rings is 3. The first-order chi connectivity index (χ1) is 17.8. The summed E-state index contributed by atoms with van der Waals surface area (Å²) in [5.74, 6) is -1.61. The molecule has 1 atom stereocenters. The van der Waals surface area contributed by atoms with Gasteiger partial charge in [-0.2, -0.15) is 0 Å². The van der Waals surface area contributed by atoms with Gasteiger partial charge in [-0.1, -0.05) is 35.9 Å². The molecule has 1 fully saturated rings. The number of carbonyl (C=O) groups is 3. The second-order valence-electron chi connectivity index (χ2n) is 8.24. The van der Waals surface area contributed by atoms with E-state index in [4.69, 9.17) is 25.8 Å². The van der Waals surface area contributed by atoms with E-state index in [-0.39, 0.29) is 23.4 Å². The van der Waals surface area contributed by atoms with Crippen LogP contribution in [-0.4, -0.2) is 49.0 Å². The molecule has 1 unspecified atom stereocenters. The van der Waals surface area contributed by atoms with Gasteiger partial charge in [0.15, 0.2) is 0 Å². The van der Waals surface area contributed by atoms with Crippen molar-refractivity contribution in [1.29, 1.82) is 0 Å². The number of ketones is 1. The van der Waals surface area contributed by atoms with Crippen molar-refractivity contribution in [2.24, 2.45) is 0 Å². The summed E-state index contributed by atoms with van der Waals surface area (Å²) in [5, 5.41) is 11.6. The van der Waals surface area contributed by atoms with Gasteiger partial charge in [0.25, 0.3) is 11.7 Å². The molecule has 1 N–H and O–H groups in total. The Morgan fingerprint density at radius 2 is 1.65 bits per heavy atom. The molecule has 1 aliphatic heterocycles. The smallest absolute Gasteiger partial charge is 0.337 e. The van der Waals surface area contributed by atoms with Crippen LogP contribution >= 0.6 is 11.6 Å². The number of hydrogen-bond acceptors (Lipinski definition) is 7. The second kappa shape index (κ2) is 10.8. The van der Waals surface area contributed by atoms with Crippen LogP contribution in [0.2, 0.25) is 5.02 Å². The lowest BCUT2D eigenvalue weighted by Gasteiger charge is -2.26. The molecular weight excluding hydrogens is 498 g/mol. The Hall–Kier alpha value is -4.30. The first-order valence-electron chi connectivity index (χ1n) is 11.2. The average molecular weight is 522 g/mol. The molecule has 0 aromatic heterocycles. The standard InChI is InChI=1S/C28H24ClNO7/c1-35-20-6-4-5-18(13-20)24-23(25(31)19-11-12-21(29)22(14-19)36-2)26(32)27(33)30(24)15-16-7-9-17(10-8-16)28(34)37-3/h4-14,24,31H,15H2,1-3H3/b25-23-. The van der Waals surface area contributed by atoms with Crippen molar-refractivity contribution in [2.75, 3.05) is 21.3 Å². The van der Waals surface area contributed by atoms with E-state index < -0.39 is 23.7 Å². The zero-order valence-electron chi connectivity index (χ0n) is 20.4. The number of amides is 1. The molecule has 0 aliphatic carbocycles. The summed E-state index contributed by atoms with van der Waals surface area (Å²) in [4.78, 5) is 39.7. The minimum absolute atomic E-state index is 0.0502. The molecule has 0 spiro atoms. The van der Waals surface area contributed by atoms with Crippen molar-refractivity contribution >= 4 is 35.0 Å². The molecule has 3 aromatic carbocycles. The van der Waals surface area contributed by atoms with E-state index in [1.54, 1.807) is 54.6 Å². The molecule has 37 heavy (non-hydrogen) atoms. The summed E-state index contributed by atoms with van der Waals surface area (Å²) in [6.45, 7) is 0.0502. The lowest BCUT2D eigenvalue weighted by Crippen LogP contribution is -2.29. The Morgan fingerprint density at radius 1 is 0.946 bits per heavy atom. The fraction of sp³-hybridized carbons (Fsp3) is 0.179. The zero-order chi connectivity index (χ0) is 26.7. The van der Waals surface area contributed by atoms with E-state index in [1.807, 2.05) is 0 Å². The van der Waals surface area contributed by atoms with Crippen molar-refractivity contribution < 1.29 is 33.7 Å². The van der Waals surface area contributed by atoms with Crippen molar-refractivity contribution in [2.45, 2.75) is 12.6 Å². The highest BCUT2D eigenvalue weighted by atomic mass is 35.5. The number of hydrogen-bond donors (Lipinski definition) is 1. The van der Waals surface area contributed by atoms with Gasteiger partial charge in [0, 0.05) is 12.1 Å². The number of esters is 1. The minimum Gasteiger partial charge on any atom is -0.507 e. The van der Waals surface area contributed by atoms with Crippen LogP contribution in [0.3, 0.4) is 0 Å². The number of halogens is 1. The van der Waals surface area contributed by atoms with Gasteiger partial charge in [0.1, 0.15) is 17.3 Å². The molecule has 3 aromatic rings. The minimum atomic E-state index is -0.906. The zero-order valence-corrected chi connectivity index (χ0v) is 21.1. The first kappa shape index (κ1) is 25.8. The number of rotatable bonds is 7. The van der Waals surface area contributed by atoms with Gasteiger partial charge in [0.2, 0.25) is 0 Å². The van der Waals surface area contributed by atoms with Crippen LogP contribution in [0.25, 0.3) is 5.76 Å². The number of nitrogens with zero attached hydrogens (tertiary/aromatic N) is 1. The number of aliphatic hydroxyl groups excluding tert-OH is 1. The van der Waals surface area contributed by atoms with Crippen molar-refractivity contribution in [3.8, 4) is 11.5 Å². The van der Waals surface area contributed by atoms with Crippen LogP contribution in [-0.2, 0) is 20.9 Å². The number of methoxy groups -OCH3 is 3. The normalized spacial score (nSPS) is 16.5. The van der Waals surface area contributed by atoms with E-state index in [9.17, 15) is 19.5 Å². The quantitative estimate of drug-likeness (QED) is 0.207.